The van der Waals surface area contributed by atoms with E-state index < -0.39 is 0 Å². The summed E-state index contributed by atoms with van der Waals surface area (Å²) >= 11 is 0. The Balaban J connectivity index is 2.53. The van der Waals surface area contributed by atoms with Crippen molar-refractivity contribution in [2.24, 2.45) is 0 Å². The average Bonchev–Trinajstić information content (AvgIpc) is 2.60. The van der Waals surface area contributed by atoms with Crippen LogP contribution in [0.3, 0.4) is 0 Å². The molecule has 1 heterocycles. The molecule has 0 saturated carbocycles. The summed E-state index contributed by atoms with van der Waals surface area (Å²) in [4.78, 5) is 0. The molecule has 0 saturated heterocycles. The third kappa shape index (κ3) is 5.46. The molecule has 2 N–H and O–H groups in total. The Morgan fingerprint density at radius 3 is 2.39 bits per heavy atom. The molecule has 0 radical (unpaired) electrons. The standard InChI is InChI=1S/C12H24N4O2/c1-11(2,3)13-7-9-15-16-10(18-9)14-12(4,5)8-17-6/h13H,7-8H2,1-6H3,(H,14,16). The van der Waals surface area contributed by atoms with Gasteiger partial charge in [0, 0.05) is 12.6 Å². The van der Waals surface area contributed by atoms with Crippen LogP contribution in [-0.4, -0.2) is 35.0 Å². The van der Waals surface area contributed by atoms with Crippen molar-refractivity contribution in [1.29, 1.82) is 0 Å². The third-order valence-electron chi connectivity index (χ3n) is 2.19. The first kappa shape index (κ1) is 14.9. The predicted molar refractivity (Wildman–Crippen MR) is 70.5 cm³/mol. The molecule has 0 atom stereocenters. The Kier molecular flexibility index (Phi) is 4.70. The van der Waals surface area contributed by atoms with Gasteiger partial charge in [-0.2, -0.15) is 0 Å². The van der Waals surface area contributed by atoms with Gasteiger partial charge in [-0.3, -0.25) is 0 Å². The van der Waals surface area contributed by atoms with Gasteiger partial charge in [0.1, 0.15) is 0 Å². The maximum Gasteiger partial charge on any atom is 0.316 e. The van der Waals surface area contributed by atoms with E-state index in [1.165, 1.54) is 0 Å². The number of nitrogens with one attached hydrogen (secondary N) is 2. The van der Waals surface area contributed by atoms with Crippen LogP contribution >= 0.6 is 0 Å². The Morgan fingerprint density at radius 1 is 1.17 bits per heavy atom. The lowest BCUT2D eigenvalue weighted by Crippen LogP contribution is -2.36. The van der Waals surface area contributed by atoms with Crippen LogP contribution in [0.4, 0.5) is 6.01 Å². The van der Waals surface area contributed by atoms with E-state index in [2.05, 4.69) is 41.6 Å². The summed E-state index contributed by atoms with van der Waals surface area (Å²) in [5.74, 6) is 0.570. The third-order valence-corrected chi connectivity index (χ3v) is 2.19. The van der Waals surface area contributed by atoms with Gasteiger partial charge in [-0.1, -0.05) is 5.10 Å². The lowest BCUT2D eigenvalue weighted by Gasteiger charge is -2.23. The van der Waals surface area contributed by atoms with Crippen LogP contribution in [0, 0.1) is 0 Å². The number of nitrogens with zero attached hydrogens (tertiary/aromatic N) is 2. The predicted octanol–water partition coefficient (Wildman–Crippen LogP) is 1.79. The molecule has 0 fully saturated rings. The molecule has 0 amide bonds. The molecule has 1 aromatic heterocycles. The van der Waals surface area contributed by atoms with E-state index in [4.69, 9.17) is 9.15 Å². The van der Waals surface area contributed by atoms with Gasteiger partial charge >= 0.3 is 6.01 Å². The van der Waals surface area contributed by atoms with Gasteiger partial charge in [-0.05, 0) is 34.6 Å². The molecule has 0 aliphatic heterocycles. The summed E-state index contributed by atoms with van der Waals surface area (Å²) in [5.41, 5.74) is -0.215. The molecule has 0 spiro atoms. The zero-order chi connectivity index (χ0) is 13.8. The van der Waals surface area contributed by atoms with Crippen molar-refractivity contribution >= 4 is 6.01 Å². The first-order chi connectivity index (χ1) is 8.22. The van der Waals surface area contributed by atoms with Gasteiger partial charge in [-0.25, -0.2) is 0 Å². The second-order valence-electron chi connectivity index (χ2n) is 6.05. The van der Waals surface area contributed by atoms with Crippen LogP contribution < -0.4 is 10.6 Å². The monoisotopic (exact) mass is 256 g/mol. The van der Waals surface area contributed by atoms with Crippen LogP contribution in [0.2, 0.25) is 0 Å². The normalized spacial score (nSPS) is 12.8. The van der Waals surface area contributed by atoms with E-state index in [-0.39, 0.29) is 11.1 Å². The maximum atomic E-state index is 5.51. The van der Waals surface area contributed by atoms with Crippen molar-refractivity contribution < 1.29 is 9.15 Å². The fraction of sp³-hybridized carbons (Fsp3) is 0.833. The number of ether oxygens (including phenoxy) is 1. The molecule has 0 unspecified atom stereocenters. The van der Waals surface area contributed by atoms with Crippen LogP contribution in [0.25, 0.3) is 0 Å². The minimum Gasteiger partial charge on any atom is -0.407 e. The van der Waals surface area contributed by atoms with Crippen molar-refractivity contribution in [3.05, 3.63) is 5.89 Å². The molecular formula is C12H24N4O2. The number of anilines is 1. The molecule has 6 nitrogen and oxygen atoms in total. The van der Waals surface area contributed by atoms with E-state index in [0.29, 0.717) is 25.1 Å². The highest BCUT2D eigenvalue weighted by molar-refractivity contribution is 5.22. The van der Waals surface area contributed by atoms with Crippen molar-refractivity contribution in [2.75, 3.05) is 19.0 Å². The summed E-state index contributed by atoms with van der Waals surface area (Å²) in [7, 11) is 1.66. The lowest BCUT2D eigenvalue weighted by atomic mass is 10.1. The molecule has 6 heteroatoms. The number of hydrogen-bond donors (Lipinski definition) is 2. The minimum atomic E-state index is -0.240. The minimum absolute atomic E-state index is 0.0252. The second kappa shape index (κ2) is 5.67. The first-order valence-corrected chi connectivity index (χ1v) is 6.06. The number of hydrogen-bond acceptors (Lipinski definition) is 6. The SMILES string of the molecule is COCC(C)(C)Nc1nnc(CNC(C)(C)C)o1. The van der Waals surface area contributed by atoms with Crippen LogP contribution in [0.5, 0.6) is 0 Å². The highest BCUT2D eigenvalue weighted by atomic mass is 16.5. The van der Waals surface area contributed by atoms with Crippen LogP contribution in [0.1, 0.15) is 40.5 Å². The summed E-state index contributed by atoms with van der Waals surface area (Å²) in [5, 5.41) is 14.4. The molecule has 18 heavy (non-hydrogen) atoms. The summed E-state index contributed by atoms with van der Waals surface area (Å²) in [6, 6.07) is 0.419. The van der Waals surface area contributed by atoms with Gasteiger partial charge in [0.25, 0.3) is 0 Å². The Bertz CT molecular complexity index is 368. The van der Waals surface area contributed by atoms with Crippen molar-refractivity contribution in [3.8, 4) is 0 Å². The fourth-order valence-corrected chi connectivity index (χ4v) is 1.40. The van der Waals surface area contributed by atoms with Gasteiger partial charge in [0.15, 0.2) is 0 Å². The zero-order valence-electron chi connectivity index (χ0n) is 12.1. The van der Waals surface area contributed by atoms with Gasteiger partial charge < -0.3 is 19.8 Å². The largest absolute Gasteiger partial charge is 0.407 e. The topological polar surface area (TPSA) is 72.2 Å². The van der Waals surface area contributed by atoms with E-state index in [0.717, 1.165) is 0 Å². The number of methoxy groups -OCH3 is 1. The molecule has 0 aromatic carbocycles. The van der Waals surface area contributed by atoms with Crippen molar-refractivity contribution in [3.63, 3.8) is 0 Å². The Labute approximate surface area is 108 Å². The highest BCUT2D eigenvalue weighted by Gasteiger charge is 2.20. The molecule has 0 bridgehead atoms. The van der Waals surface area contributed by atoms with Gasteiger partial charge in [0.2, 0.25) is 5.89 Å². The first-order valence-electron chi connectivity index (χ1n) is 6.06. The molecule has 0 aliphatic carbocycles. The second-order valence-corrected chi connectivity index (χ2v) is 6.05. The van der Waals surface area contributed by atoms with E-state index in [1.54, 1.807) is 7.11 Å². The number of rotatable bonds is 6. The summed E-state index contributed by atoms with van der Waals surface area (Å²) < 4.78 is 10.6. The summed E-state index contributed by atoms with van der Waals surface area (Å²) in [6.07, 6.45) is 0. The highest BCUT2D eigenvalue weighted by Crippen LogP contribution is 2.14. The van der Waals surface area contributed by atoms with Crippen molar-refractivity contribution in [2.45, 2.75) is 52.2 Å². The van der Waals surface area contributed by atoms with Crippen LogP contribution in [-0.2, 0) is 11.3 Å². The molecular weight excluding hydrogens is 232 g/mol. The number of aromatic nitrogens is 2. The van der Waals surface area contributed by atoms with E-state index in [1.807, 2.05) is 13.8 Å². The molecule has 0 aliphatic rings. The van der Waals surface area contributed by atoms with Gasteiger partial charge in [-0.15, -0.1) is 5.10 Å². The van der Waals surface area contributed by atoms with Gasteiger partial charge in [0.05, 0.1) is 18.7 Å². The quantitative estimate of drug-likeness (QED) is 0.808. The average molecular weight is 256 g/mol. The maximum absolute atomic E-state index is 5.51. The van der Waals surface area contributed by atoms with Crippen molar-refractivity contribution in [1.82, 2.24) is 15.5 Å². The Morgan fingerprint density at radius 2 is 1.83 bits per heavy atom. The smallest absolute Gasteiger partial charge is 0.316 e. The fourth-order valence-electron chi connectivity index (χ4n) is 1.40. The zero-order valence-corrected chi connectivity index (χ0v) is 12.1. The molecule has 104 valence electrons. The van der Waals surface area contributed by atoms with E-state index >= 15 is 0 Å². The lowest BCUT2D eigenvalue weighted by molar-refractivity contribution is 0.156. The van der Waals surface area contributed by atoms with Crippen LogP contribution in [0.15, 0.2) is 4.42 Å². The summed E-state index contributed by atoms with van der Waals surface area (Å²) in [6.45, 7) is 11.4. The molecule has 1 rings (SSSR count). The van der Waals surface area contributed by atoms with E-state index in [9.17, 15) is 0 Å². The Hall–Kier alpha value is -1.14. The molecule has 1 aromatic rings.